The highest BCUT2D eigenvalue weighted by Crippen LogP contribution is 2.31. The van der Waals surface area contributed by atoms with Crippen LogP contribution in [0.15, 0.2) is 54.6 Å². The molecule has 2 aliphatic rings. The molecule has 0 radical (unpaired) electrons. The van der Waals surface area contributed by atoms with Crippen molar-refractivity contribution in [1.29, 1.82) is 5.41 Å². The number of amides is 3. The molecule has 4 rings (SSSR count). The van der Waals surface area contributed by atoms with Crippen molar-refractivity contribution in [3.05, 3.63) is 71.3 Å². The highest BCUT2D eigenvalue weighted by atomic mass is 19.4. The number of alkyl halides is 3. The zero-order valence-electron chi connectivity index (χ0n) is 16.9. The van der Waals surface area contributed by atoms with E-state index in [0.29, 0.717) is 19.4 Å². The Labute approximate surface area is 182 Å². The number of benzene rings is 2. The van der Waals surface area contributed by atoms with Gasteiger partial charge in [0.05, 0.1) is 17.6 Å². The van der Waals surface area contributed by atoms with Crippen molar-refractivity contribution in [2.24, 2.45) is 0 Å². The van der Waals surface area contributed by atoms with E-state index in [1.807, 2.05) is 30.3 Å². The maximum Gasteiger partial charge on any atom is 0.416 e. The third kappa shape index (κ3) is 4.45. The van der Waals surface area contributed by atoms with E-state index in [0.717, 1.165) is 29.8 Å². The van der Waals surface area contributed by atoms with Gasteiger partial charge >= 0.3 is 12.2 Å². The lowest BCUT2D eigenvalue weighted by Crippen LogP contribution is -2.50. The molecule has 7 nitrogen and oxygen atoms in total. The van der Waals surface area contributed by atoms with Gasteiger partial charge in [0.2, 0.25) is 0 Å². The second-order valence-corrected chi connectivity index (χ2v) is 7.71. The minimum absolute atomic E-state index is 0.00277. The van der Waals surface area contributed by atoms with Gasteiger partial charge in [-0.1, -0.05) is 30.3 Å². The van der Waals surface area contributed by atoms with E-state index in [9.17, 15) is 22.8 Å². The van der Waals surface area contributed by atoms with Gasteiger partial charge in [-0.05, 0) is 42.7 Å². The SMILES string of the molecule is N=C(NC(=O)c1ccc(C(F)(F)F)cc1)[C@@H]1CC[C@@H]2CN1C(=O)N2OCc1ccccc1. The molecule has 2 fully saturated rings. The van der Waals surface area contributed by atoms with Crippen LogP contribution in [-0.2, 0) is 17.6 Å². The lowest BCUT2D eigenvalue weighted by Gasteiger charge is -2.30. The number of nitrogens with one attached hydrogen (secondary N) is 2. The van der Waals surface area contributed by atoms with Gasteiger partial charge in [0, 0.05) is 12.1 Å². The lowest BCUT2D eigenvalue weighted by molar-refractivity contribution is -0.140. The second-order valence-electron chi connectivity index (χ2n) is 7.71. The molecule has 2 atom stereocenters. The lowest BCUT2D eigenvalue weighted by atomic mass is 10.00. The van der Waals surface area contributed by atoms with Gasteiger partial charge in [0.15, 0.2) is 0 Å². The normalized spacial score (nSPS) is 20.4. The van der Waals surface area contributed by atoms with Crippen LogP contribution in [0.3, 0.4) is 0 Å². The number of amidine groups is 1. The van der Waals surface area contributed by atoms with Crippen LogP contribution < -0.4 is 5.32 Å². The monoisotopic (exact) mass is 446 g/mol. The van der Waals surface area contributed by atoms with E-state index in [2.05, 4.69) is 5.32 Å². The van der Waals surface area contributed by atoms with E-state index in [1.165, 1.54) is 9.96 Å². The predicted molar refractivity (Wildman–Crippen MR) is 109 cm³/mol. The fourth-order valence-corrected chi connectivity index (χ4v) is 3.90. The topological polar surface area (TPSA) is 85.7 Å². The third-order valence-electron chi connectivity index (χ3n) is 5.59. The summed E-state index contributed by atoms with van der Waals surface area (Å²) in [7, 11) is 0. The number of halogens is 3. The summed E-state index contributed by atoms with van der Waals surface area (Å²) in [4.78, 5) is 32.4. The van der Waals surface area contributed by atoms with Crippen LogP contribution in [0.5, 0.6) is 0 Å². The summed E-state index contributed by atoms with van der Waals surface area (Å²) in [6, 6.07) is 12.0. The Morgan fingerprint density at radius 1 is 1.09 bits per heavy atom. The summed E-state index contributed by atoms with van der Waals surface area (Å²) in [5, 5.41) is 12.0. The van der Waals surface area contributed by atoms with Gasteiger partial charge in [-0.15, -0.1) is 0 Å². The quantitative estimate of drug-likeness (QED) is 0.541. The summed E-state index contributed by atoms with van der Waals surface area (Å²) in [6.07, 6.45) is -3.43. The number of piperidine rings is 1. The van der Waals surface area contributed by atoms with Crippen molar-refractivity contribution < 1.29 is 27.6 Å². The highest BCUT2D eigenvalue weighted by molar-refractivity contribution is 6.07. The highest BCUT2D eigenvalue weighted by Gasteiger charge is 2.47. The van der Waals surface area contributed by atoms with Gasteiger partial charge in [-0.3, -0.25) is 15.0 Å². The predicted octanol–water partition coefficient (Wildman–Crippen LogP) is 3.81. The van der Waals surface area contributed by atoms with E-state index >= 15 is 0 Å². The Hall–Kier alpha value is -3.40. The molecule has 0 aliphatic carbocycles. The van der Waals surface area contributed by atoms with Crippen molar-refractivity contribution in [1.82, 2.24) is 15.3 Å². The molecular weight excluding hydrogens is 425 g/mol. The zero-order valence-corrected chi connectivity index (χ0v) is 16.9. The number of carbonyl (C=O) groups is 2. The minimum atomic E-state index is -4.50. The van der Waals surface area contributed by atoms with E-state index < -0.39 is 23.7 Å². The number of hydrogen-bond donors (Lipinski definition) is 2. The maximum atomic E-state index is 12.8. The van der Waals surface area contributed by atoms with Crippen molar-refractivity contribution in [2.75, 3.05) is 6.54 Å². The number of hydroxylamine groups is 2. The Morgan fingerprint density at radius 3 is 2.44 bits per heavy atom. The van der Waals surface area contributed by atoms with E-state index in [1.54, 1.807) is 0 Å². The van der Waals surface area contributed by atoms with Crippen LogP contribution in [0.2, 0.25) is 0 Å². The van der Waals surface area contributed by atoms with Gasteiger partial charge in [-0.2, -0.15) is 18.2 Å². The van der Waals surface area contributed by atoms with Gasteiger partial charge in [0.1, 0.15) is 12.4 Å². The van der Waals surface area contributed by atoms with Crippen LogP contribution in [-0.4, -0.2) is 46.4 Å². The van der Waals surface area contributed by atoms with Crippen LogP contribution >= 0.6 is 0 Å². The number of carbonyl (C=O) groups excluding carboxylic acids is 2. The first-order chi connectivity index (χ1) is 15.2. The fourth-order valence-electron chi connectivity index (χ4n) is 3.90. The Bertz CT molecular complexity index is 1010. The number of rotatable bonds is 5. The molecule has 2 aliphatic heterocycles. The Kier molecular flexibility index (Phi) is 5.88. The number of fused-ring (bicyclic) bond motifs is 2. The Balaban J connectivity index is 1.37. The molecule has 2 aromatic carbocycles. The van der Waals surface area contributed by atoms with Gasteiger partial charge in [-0.25, -0.2) is 4.79 Å². The summed E-state index contributed by atoms with van der Waals surface area (Å²) in [6.45, 7) is 0.612. The molecule has 2 saturated heterocycles. The molecule has 10 heteroatoms. The van der Waals surface area contributed by atoms with Crippen molar-refractivity contribution in [3.8, 4) is 0 Å². The van der Waals surface area contributed by atoms with Gasteiger partial charge < -0.3 is 10.2 Å². The first kappa shape index (κ1) is 21.8. The fraction of sp³-hybridized carbons (Fsp3) is 0.318. The number of nitrogens with zero attached hydrogens (tertiary/aromatic N) is 2. The van der Waals surface area contributed by atoms with Crippen LogP contribution in [0.1, 0.15) is 34.3 Å². The maximum absolute atomic E-state index is 12.8. The molecule has 0 aromatic heterocycles. The molecular formula is C22H21F3N4O3. The number of hydrogen-bond acceptors (Lipinski definition) is 4. The third-order valence-corrected chi connectivity index (χ3v) is 5.59. The van der Waals surface area contributed by atoms with Crippen molar-refractivity contribution in [3.63, 3.8) is 0 Å². The molecule has 2 N–H and O–H groups in total. The van der Waals surface area contributed by atoms with Crippen LogP contribution in [0, 0.1) is 5.41 Å². The molecule has 0 saturated carbocycles. The summed E-state index contributed by atoms with van der Waals surface area (Å²) >= 11 is 0. The first-order valence-electron chi connectivity index (χ1n) is 10.1. The van der Waals surface area contributed by atoms with E-state index in [4.69, 9.17) is 10.2 Å². The molecule has 32 heavy (non-hydrogen) atoms. The average Bonchev–Trinajstić information content (AvgIpc) is 3.02. The molecule has 2 aromatic rings. The average molecular weight is 446 g/mol. The minimum Gasteiger partial charge on any atom is -0.311 e. The summed E-state index contributed by atoms with van der Waals surface area (Å²) in [5.41, 5.74) is 0.0579. The molecule has 2 heterocycles. The van der Waals surface area contributed by atoms with Crippen molar-refractivity contribution in [2.45, 2.75) is 37.7 Å². The first-order valence-corrected chi connectivity index (χ1v) is 10.1. The molecule has 3 amide bonds. The van der Waals surface area contributed by atoms with Crippen LogP contribution in [0.4, 0.5) is 18.0 Å². The largest absolute Gasteiger partial charge is 0.416 e. The number of urea groups is 1. The smallest absolute Gasteiger partial charge is 0.311 e. The molecule has 0 unspecified atom stereocenters. The summed E-state index contributed by atoms with van der Waals surface area (Å²) < 4.78 is 38.1. The standard InChI is InChI=1S/C22H21F3N4O3/c23-22(24,25)16-8-6-15(7-9-16)20(30)27-19(26)18-11-10-17-12-28(18)21(31)29(17)32-13-14-4-2-1-3-5-14/h1-9,17-18H,10-13H2,(H2,26,27,30)/t17-,18+/m1/s1. The second kappa shape index (κ2) is 8.62. The van der Waals surface area contributed by atoms with Crippen LogP contribution in [0.25, 0.3) is 0 Å². The molecule has 0 spiro atoms. The molecule has 2 bridgehead atoms. The summed E-state index contributed by atoms with van der Waals surface area (Å²) in [5.74, 6) is -0.874. The molecule has 168 valence electrons. The van der Waals surface area contributed by atoms with Crippen molar-refractivity contribution >= 4 is 17.8 Å². The van der Waals surface area contributed by atoms with Gasteiger partial charge in [0.25, 0.3) is 5.91 Å². The Morgan fingerprint density at radius 2 is 1.78 bits per heavy atom. The van der Waals surface area contributed by atoms with E-state index in [-0.39, 0.29) is 30.1 Å². The zero-order chi connectivity index (χ0) is 22.9.